The Hall–Kier alpha value is -0.830. The average molecular weight is 214 g/mol. The van der Waals surface area contributed by atoms with Crippen LogP contribution < -0.4 is 0 Å². The molecular weight excluding hydrogens is 192 g/mol. The maximum atomic E-state index is 11.1. The molecule has 2 atom stereocenters. The summed E-state index contributed by atoms with van der Waals surface area (Å²) in [5, 5.41) is 9.48. The molecule has 0 amide bonds. The second-order valence-corrected chi connectivity index (χ2v) is 3.66. The van der Waals surface area contributed by atoms with Crippen molar-refractivity contribution in [2.45, 2.75) is 46.1 Å². The van der Waals surface area contributed by atoms with Crippen molar-refractivity contribution in [2.24, 2.45) is 5.92 Å². The number of aliphatic hydroxyl groups is 1. The second kappa shape index (κ2) is 8.48. The third kappa shape index (κ3) is 7.14. The van der Waals surface area contributed by atoms with Crippen LogP contribution in [0.15, 0.2) is 12.2 Å². The normalized spacial score (nSPS) is 15.2. The predicted octanol–water partition coefficient (Wildman–Crippen LogP) is 2.29. The number of unbranched alkanes of at least 4 members (excludes halogenated alkanes) is 1. The number of carbonyl (C=O) groups excluding carboxylic acids is 1. The lowest BCUT2D eigenvalue weighted by Gasteiger charge is -2.14. The average Bonchev–Trinajstić information content (AvgIpc) is 2.17. The first-order valence-corrected chi connectivity index (χ1v) is 5.64. The third-order valence-corrected chi connectivity index (χ3v) is 2.28. The molecule has 0 aromatic carbocycles. The Bertz CT molecular complexity index is 197. The Kier molecular flexibility index (Phi) is 8.01. The summed E-state index contributed by atoms with van der Waals surface area (Å²) in [6, 6.07) is 0. The molecule has 3 nitrogen and oxygen atoms in total. The van der Waals surface area contributed by atoms with E-state index in [-0.39, 0.29) is 11.9 Å². The molecular formula is C12H22O3. The SMILES string of the molecule is CCCC[C@@H](/C=C/C(=O)OCC)[C@@H](C)O. The largest absolute Gasteiger partial charge is 0.463 e. The number of aliphatic hydroxyl groups excluding tert-OH is 1. The van der Waals surface area contributed by atoms with E-state index in [0.717, 1.165) is 19.3 Å². The maximum Gasteiger partial charge on any atom is 0.330 e. The van der Waals surface area contributed by atoms with Gasteiger partial charge in [-0.05, 0) is 20.3 Å². The van der Waals surface area contributed by atoms with Crippen LogP contribution in [0, 0.1) is 5.92 Å². The molecule has 0 aliphatic rings. The monoisotopic (exact) mass is 214 g/mol. The van der Waals surface area contributed by atoms with Crippen LogP contribution in [0.2, 0.25) is 0 Å². The first-order valence-electron chi connectivity index (χ1n) is 5.64. The van der Waals surface area contributed by atoms with Crippen LogP contribution in [0.4, 0.5) is 0 Å². The first-order chi connectivity index (χ1) is 7.11. The molecule has 0 aromatic heterocycles. The summed E-state index contributed by atoms with van der Waals surface area (Å²) < 4.78 is 4.77. The summed E-state index contributed by atoms with van der Waals surface area (Å²) in [7, 11) is 0. The summed E-state index contributed by atoms with van der Waals surface area (Å²) in [4.78, 5) is 11.1. The van der Waals surface area contributed by atoms with E-state index in [1.165, 1.54) is 6.08 Å². The zero-order chi connectivity index (χ0) is 11.7. The molecule has 0 saturated heterocycles. The second-order valence-electron chi connectivity index (χ2n) is 3.66. The molecule has 15 heavy (non-hydrogen) atoms. The maximum absolute atomic E-state index is 11.1. The highest BCUT2D eigenvalue weighted by Crippen LogP contribution is 2.14. The molecule has 0 radical (unpaired) electrons. The van der Waals surface area contributed by atoms with Crippen molar-refractivity contribution in [1.82, 2.24) is 0 Å². The van der Waals surface area contributed by atoms with Crippen LogP contribution in [0.1, 0.15) is 40.0 Å². The fraction of sp³-hybridized carbons (Fsp3) is 0.750. The number of hydrogen-bond acceptors (Lipinski definition) is 3. The van der Waals surface area contributed by atoms with Gasteiger partial charge in [0.15, 0.2) is 0 Å². The minimum atomic E-state index is -0.415. The molecule has 0 heterocycles. The van der Waals surface area contributed by atoms with Gasteiger partial charge in [0.25, 0.3) is 0 Å². The van der Waals surface area contributed by atoms with E-state index in [1.807, 2.05) is 0 Å². The van der Waals surface area contributed by atoms with Crippen LogP contribution in [0.25, 0.3) is 0 Å². The Morgan fingerprint density at radius 1 is 1.47 bits per heavy atom. The van der Waals surface area contributed by atoms with Gasteiger partial charge in [-0.25, -0.2) is 4.79 Å². The number of esters is 1. The number of rotatable bonds is 7. The fourth-order valence-electron chi connectivity index (χ4n) is 1.33. The van der Waals surface area contributed by atoms with Crippen molar-refractivity contribution in [3.8, 4) is 0 Å². The molecule has 3 heteroatoms. The van der Waals surface area contributed by atoms with Gasteiger partial charge in [0, 0.05) is 12.0 Å². The van der Waals surface area contributed by atoms with E-state index < -0.39 is 6.10 Å². The van der Waals surface area contributed by atoms with Crippen molar-refractivity contribution in [1.29, 1.82) is 0 Å². The van der Waals surface area contributed by atoms with E-state index in [2.05, 4.69) is 6.92 Å². The first kappa shape index (κ1) is 14.2. The van der Waals surface area contributed by atoms with E-state index in [9.17, 15) is 9.90 Å². The lowest BCUT2D eigenvalue weighted by Crippen LogP contribution is -2.15. The van der Waals surface area contributed by atoms with E-state index in [1.54, 1.807) is 19.9 Å². The summed E-state index contributed by atoms with van der Waals surface area (Å²) in [5.74, 6) is -0.283. The van der Waals surface area contributed by atoms with Gasteiger partial charge >= 0.3 is 5.97 Å². The van der Waals surface area contributed by atoms with Gasteiger partial charge in [0.05, 0.1) is 12.7 Å². The molecule has 1 N–H and O–H groups in total. The summed E-state index contributed by atoms with van der Waals surface area (Å²) in [6.45, 7) is 6.01. The fourth-order valence-corrected chi connectivity index (χ4v) is 1.33. The molecule has 0 rings (SSSR count). The smallest absolute Gasteiger partial charge is 0.330 e. The number of carbonyl (C=O) groups is 1. The molecule has 88 valence electrons. The molecule has 0 spiro atoms. The summed E-state index contributed by atoms with van der Waals surface area (Å²) >= 11 is 0. The van der Waals surface area contributed by atoms with Crippen LogP contribution in [0.5, 0.6) is 0 Å². The minimum Gasteiger partial charge on any atom is -0.463 e. The molecule has 0 aliphatic carbocycles. The Balaban J connectivity index is 4.08. The minimum absolute atomic E-state index is 0.0503. The highest BCUT2D eigenvalue weighted by Gasteiger charge is 2.11. The highest BCUT2D eigenvalue weighted by molar-refractivity contribution is 5.81. The van der Waals surface area contributed by atoms with Crippen molar-refractivity contribution in [2.75, 3.05) is 6.61 Å². The molecule has 0 saturated carbocycles. The lowest BCUT2D eigenvalue weighted by molar-refractivity contribution is -0.137. The summed E-state index contributed by atoms with van der Waals surface area (Å²) in [6.07, 6.45) is 5.81. The van der Waals surface area contributed by atoms with Crippen molar-refractivity contribution in [3.05, 3.63) is 12.2 Å². The standard InChI is InChI=1S/C12H22O3/c1-4-6-7-11(10(3)13)8-9-12(14)15-5-2/h8-11,13H,4-7H2,1-3H3/b9-8+/t10-,11+/m1/s1. The molecule has 0 aromatic rings. The highest BCUT2D eigenvalue weighted by atomic mass is 16.5. The number of ether oxygens (including phenoxy) is 1. The van der Waals surface area contributed by atoms with Crippen LogP contribution in [0.3, 0.4) is 0 Å². The Morgan fingerprint density at radius 3 is 2.60 bits per heavy atom. The van der Waals surface area contributed by atoms with Crippen LogP contribution >= 0.6 is 0 Å². The van der Waals surface area contributed by atoms with Crippen molar-refractivity contribution in [3.63, 3.8) is 0 Å². The zero-order valence-corrected chi connectivity index (χ0v) is 9.90. The topological polar surface area (TPSA) is 46.5 Å². The van der Waals surface area contributed by atoms with Gasteiger partial charge in [0.1, 0.15) is 0 Å². The van der Waals surface area contributed by atoms with Gasteiger partial charge in [-0.2, -0.15) is 0 Å². The van der Waals surface area contributed by atoms with Gasteiger partial charge in [-0.3, -0.25) is 0 Å². The quantitative estimate of drug-likeness (QED) is 0.522. The molecule has 0 bridgehead atoms. The third-order valence-electron chi connectivity index (χ3n) is 2.28. The van der Waals surface area contributed by atoms with Gasteiger partial charge in [-0.1, -0.05) is 25.8 Å². The van der Waals surface area contributed by atoms with Gasteiger partial charge < -0.3 is 9.84 Å². The zero-order valence-electron chi connectivity index (χ0n) is 9.90. The molecule has 0 fully saturated rings. The Labute approximate surface area is 92.1 Å². The van der Waals surface area contributed by atoms with Crippen molar-refractivity contribution < 1.29 is 14.6 Å². The van der Waals surface area contributed by atoms with E-state index in [4.69, 9.17) is 4.74 Å². The van der Waals surface area contributed by atoms with Gasteiger partial charge in [-0.15, -0.1) is 0 Å². The van der Waals surface area contributed by atoms with Crippen LogP contribution in [-0.2, 0) is 9.53 Å². The van der Waals surface area contributed by atoms with Crippen molar-refractivity contribution >= 4 is 5.97 Å². The predicted molar refractivity (Wildman–Crippen MR) is 60.5 cm³/mol. The van der Waals surface area contributed by atoms with E-state index >= 15 is 0 Å². The molecule has 0 unspecified atom stereocenters. The van der Waals surface area contributed by atoms with E-state index in [0.29, 0.717) is 6.61 Å². The number of hydrogen-bond donors (Lipinski definition) is 1. The Morgan fingerprint density at radius 2 is 2.13 bits per heavy atom. The van der Waals surface area contributed by atoms with Crippen LogP contribution in [-0.4, -0.2) is 23.8 Å². The lowest BCUT2D eigenvalue weighted by atomic mass is 9.96. The van der Waals surface area contributed by atoms with Gasteiger partial charge in [0.2, 0.25) is 0 Å². The molecule has 0 aliphatic heterocycles. The summed E-state index contributed by atoms with van der Waals surface area (Å²) in [5.41, 5.74) is 0.